The SMILES string of the molecule is Brc1ccc(-c2nnc(-c3cccnc3)nc2-c2ccc(Br)cc2)cc1. The highest BCUT2D eigenvalue weighted by molar-refractivity contribution is 9.10. The second-order valence-corrected chi connectivity index (χ2v) is 7.42. The lowest BCUT2D eigenvalue weighted by molar-refractivity contribution is 0.989. The Morgan fingerprint density at radius 2 is 1.23 bits per heavy atom. The third-order valence-electron chi connectivity index (χ3n) is 3.84. The van der Waals surface area contributed by atoms with E-state index in [0.717, 1.165) is 37.0 Å². The first-order chi connectivity index (χ1) is 12.7. The van der Waals surface area contributed by atoms with Crippen molar-refractivity contribution >= 4 is 31.9 Å². The van der Waals surface area contributed by atoms with Crippen LogP contribution in [0.4, 0.5) is 0 Å². The van der Waals surface area contributed by atoms with Gasteiger partial charge in [0.15, 0.2) is 5.82 Å². The number of hydrogen-bond acceptors (Lipinski definition) is 4. The molecule has 6 heteroatoms. The van der Waals surface area contributed by atoms with Crippen LogP contribution in [0.25, 0.3) is 33.9 Å². The molecule has 126 valence electrons. The van der Waals surface area contributed by atoms with Crippen LogP contribution >= 0.6 is 31.9 Å². The summed E-state index contributed by atoms with van der Waals surface area (Å²) < 4.78 is 2.03. The first kappa shape index (κ1) is 17.0. The van der Waals surface area contributed by atoms with E-state index >= 15 is 0 Å². The molecule has 0 saturated carbocycles. The van der Waals surface area contributed by atoms with Crippen LogP contribution in [-0.4, -0.2) is 20.2 Å². The van der Waals surface area contributed by atoms with Gasteiger partial charge in [-0.15, -0.1) is 10.2 Å². The molecule has 2 aromatic carbocycles. The fourth-order valence-electron chi connectivity index (χ4n) is 2.55. The molecule has 26 heavy (non-hydrogen) atoms. The molecule has 0 radical (unpaired) electrons. The lowest BCUT2D eigenvalue weighted by Crippen LogP contribution is -2.00. The van der Waals surface area contributed by atoms with Crippen LogP contribution in [0, 0.1) is 0 Å². The smallest absolute Gasteiger partial charge is 0.183 e. The van der Waals surface area contributed by atoms with Gasteiger partial charge < -0.3 is 0 Å². The molecule has 4 aromatic rings. The van der Waals surface area contributed by atoms with E-state index in [1.807, 2.05) is 60.7 Å². The normalized spacial score (nSPS) is 10.7. The van der Waals surface area contributed by atoms with Crippen molar-refractivity contribution in [2.24, 2.45) is 0 Å². The number of pyridine rings is 1. The first-order valence-electron chi connectivity index (χ1n) is 7.88. The summed E-state index contributed by atoms with van der Waals surface area (Å²) in [6.07, 6.45) is 3.46. The molecule has 0 unspecified atom stereocenters. The Morgan fingerprint density at radius 3 is 1.81 bits per heavy atom. The molecule has 0 aliphatic carbocycles. The van der Waals surface area contributed by atoms with Gasteiger partial charge in [0, 0.05) is 38.0 Å². The number of nitrogens with zero attached hydrogens (tertiary/aromatic N) is 4. The third-order valence-corrected chi connectivity index (χ3v) is 4.90. The van der Waals surface area contributed by atoms with Gasteiger partial charge in [-0.05, 0) is 36.4 Å². The molecule has 0 atom stereocenters. The number of hydrogen-bond donors (Lipinski definition) is 0. The minimum absolute atomic E-state index is 0.553. The maximum Gasteiger partial charge on any atom is 0.183 e. The van der Waals surface area contributed by atoms with Gasteiger partial charge in [-0.2, -0.15) is 0 Å². The Morgan fingerprint density at radius 1 is 0.615 bits per heavy atom. The van der Waals surface area contributed by atoms with Crippen LogP contribution < -0.4 is 0 Å². The number of benzene rings is 2. The number of halogens is 2. The Hall–Kier alpha value is -2.44. The molecule has 2 heterocycles. The molecule has 0 aliphatic heterocycles. The third kappa shape index (κ3) is 3.57. The highest BCUT2D eigenvalue weighted by Gasteiger charge is 2.14. The van der Waals surface area contributed by atoms with E-state index in [9.17, 15) is 0 Å². The van der Waals surface area contributed by atoms with Gasteiger partial charge in [-0.3, -0.25) is 4.98 Å². The molecular weight excluding hydrogens is 456 g/mol. The Bertz CT molecular complexity index is 1030. The fourth-order valence-corrected chi connectivity index (χ4v) is 3.08. The predicted molar refractivity (Wildman–Crippen MR) is 109 cm³/mol. The molecule has 0 amide bonds. The standard InChI is InChI=1S/C20H12Br2N4/c21-16-7-3-13(4-8-16)18-19(14-5-9-17(22)10-6-14)25-26-20(24-18)15-2-1-11-23-12-15/h1-12H. The van der Waals surface area contributed by atoms with Gasteiger partial charge >= 0.3 is 0 Å². The Balaban J connectivity index is 1.90. The van der Waals surface area contributed by atoms with Crippen molar-refractivity contribution in [1.29, 1.82) is 0 Å². The van der Waals surface area contributed by atoms with Crippen molar-refractivity contribution in [3.05, 3.63) is 82.0 Å². The van der Waals surface area contributed by atoms with Gasteiger partial charge in [0.2, 0.25) is 0 Å². The lowest BCUT2D eigenvalue weighted by Gasteiger charge is -2.10. The van der Waals surface area contributed by atoms with E-state index in [2.05, 4.69) is 47.0 Å². The zero-order valence-electron chi connectivity index (χ0n) is 13.5. The van der Waals surface area contributed by atoms with E-state index in [4.69, 9.17) is 4.98 Å². The van der Waals surface area contributed by atoms with Gasteiger partial charge in [0.05, 0.1) is 0 Å². The van der Waals surface area contributed by atoms with Crippen molar-refractivity contribution in [3.63, 3.8) is 0 Å². The van der Waals surface area contributed by atoms with Crippen LogP contribution in [0.2, 0.25) is 0 Å². The van der Waals surface area contributed by atoms with Crippen LogP contribution in [0.15, 0.2) is 82.0 Å². The quantitative estimate of drug-likeness (QED) is 0.382. The molecule has 0 N–H and O–H groups in total. The second-order valence-electron chi connectivity index (χ2n) is 5.59. The highest BCUT2D eigenvalue weighted by Crippen LogP contribution is 2.31. The summed E-state index contributed by atoms with van der Waals surface area (Å²) in [6.45, 7) is 0. The molecule has 0 bridgehead atoms. The summed E-state index contributed by atoms with van der Waals surface area (Å²) in [5.74, 6) is 0.553. The maximum absolute atomic E-state index is 4.80. The van der Waals surface area contributed by atoms with E-state index in [1.54, 1.807) is 12.4 Å². The van der Waals surface area contributed by atoms with E-state index in [1.165, 1.54) is 0 Å². The van der Waals surface area contributed by atoms with Crippen LogP contribution in [0.1, 0.15) is 0 Å². The van der Waals surface area contributed by atoms with Crippen LogP contribution in [0.5, 0.6) is 0 Å². The van der Waals surface area contributed by atoms with Gasteiger partial charge in [-0.1, -0.05) is 56.1 Å². The van der Waals surface area contributed by atoms with Crippen molar-refractivity contribution in [2.75, 3.05) is 0 Å². The molecular formula is C20H12Br2N4. The molecule has 0 aliphatic rings. The Kier molecular flexibility index (Phi) is 4.86. The van der Waals surface area contributed by atoms with Gasteiger partial charge in [-0.25, -0.2) is 4.98 Å². The topological polar surface area (TPSA) is 51.6 Å². The molecule has 2 aromatic heterocycles. The van der Waals surface area contributed by atoms with Crippen molar-refractivity contribution in [3.8, 4) is 33.9 Å². The second kappa shape index (κ2) is 7.43. The largest absolute Gasteiger partial charge is 0.264 e. The van der Waals surface area contributed by atoms with Gasteiger partial charge in [0.25, 0.3) is 0 Å². The summed E-state index contributed by atoms with van der Waals surface area (Å²) in [7, 11) is 0. The van der Waals surface area contributed by atoms with Crippen molar-refractivity contribution in [1.82, 2.24) is 20.2 Å². The van der Waals surface area contributed by atoms with Crippen LogP contribution in [-0.2, 0) is 0 Å². The minimum atomic E-state index is 0.553. The van der Waals surface area contributed by atoms with E-state index in [-0.39, 0.29) is 0 Å². The van der Waals surface area contributed by atoms with Crippen molar-refractivity contribution < 1.29 is 0 Å². The summed E-state index contributed by atoms with van der Waals surface area (Å²) in [6, 6.07) is 19.8. The average molecular weight is 468 g/mol. The molecule has 0 saturated heterocycles. The lowest BCUT2D eigenvalue weighted by atomic mass is 10.0. The molecule has 4 nitrogen and oxygen atoms in total. The summed E-state index contributed by atoms with van der Waals surface area (Å²) in [5, 5.41) is 8.82. The molecule has 0 fully saturated rings. The fraction of sp³-hybridized carbons (Fsp3) is 0. The first-order valence-corrected chi connectivity index (χ1v) is 9.46. The van der Waals surface area contributed by atoms with Crippen LogP contribution in [0.3, 0.4) is 0 Å². The minimum Gasteiger partial charge on any atom is -0.264 e. The monoisotopic (exact) mass is 466 g/mol. The summed E-state index contributed by atoms with van der Waals surface area (Å²) in [4.78, 5) is 8.95. The maximum atomic E-state index is 4.80. The zero-order chi connectivity index (χ0) is 17.9. The summed E-state index contributed by atoms with van der Waals surface area (Å²) >= 11 is 6.95. The predicted octanol–water partition coefficient (Wildman–Crippen LogP) is 5.79. The summed E-state index contributed by atoms with van der Waals surface area (Å²) in [5.41, 5.74) is 4.30. The zero-order valence-corrected chi connectivity index (χ0v) is 16.6. The van der Waals surface area contributed by atoms with E-state index in [0.29, 0.717) is 5.82 Å². The molecule has 4 rings (SSSR count). The van der Waals surface area contributed by atoms with Crippen molar-refractivity contribution in [2.45, 2.75) is 0 Å². The van der Waals surface area contributed by atoms with Gasteiger partial charge in [0.1, 0.15) is 11.4 Å². The average Bonchev–Trinajstić information content (AvgIpc) is 2.70. The molecule has 0 spiro atoms. The van der Waals surface area contributed by atoms with E-state index < -0.39 is 0 Å². The highest BCUT2D eigenvalue weighted by atomic mass is 79.9. The number of rotatable bonds is 3. The number of aromatic nitrogens is 4. The Labute approximate surface area is 167 Å².